The Kier molecular flexibility index (Phi) is 6.35. The summed E-state index contributed by atoms with van der Waals surface area (Å²) in [6.45, 7) is 0.0595. The molecule has 9 heteroatoms. The average Bonchev–Trinajstić information content (AvgIpc) is 3.15. The largest absolute Gasteiger partial charge is 0.484 e. The van der Waals surface area contributed by atoms with Crippen LogP contribution in [0.15, 0.2) is 54.6 Å². The summed E-state index contributed by atoms with van der Waals surface area (Å²) in [4.78, 5) is 24.0. The molecule has 7 nitrogen and oxygen atoms in total. The maximum Gasteiger partial charge on any atom is 0.286 e. The van der Waals surface area contributed by atoms with Gasteiger partial charge in [-0.2, -0.15) is 0 Å². The van der Waals surface area contributed by atoms with Gasteiger partial charge in [-0.15, -0.1) is 10.2 Å². The molecule has 2 aromatic carbocycles. The van der Waals surface area contributed by atoms with Crippen LogP contribution in [0.1, 0.15) is 14.8 Å². The maximum absolute atomic E-state index is 12.2. The highest BCUT2D eigenvalue weighted by molar-refractivity contribution is 7.13. The van der Waals surface area contributed by atoms with Crippen molar-refractivity contribution in [3.8, 4) is 5.75 Å². The van der Waals surface area contributed by atoms with Gasteiger partial charge in [-0.05, 0) is 30.3 Å². The molecule has 3 aromatic rings. The van der Waals surface area contributed by atoms with Crippen molar-refractivity contribution in [2.45, 2.75) is 6.54 Å². The van der Waals surface area contributed by atoms with Crippen LogP contribution < -0.4 is 15.4 Å². The van der Waals surface area contributed by atoms with Crippen LogP contribution in [0.2, 0.25) is 5.02 Å². The minimum Gasteiger partial charge on any atom is -0.484 e. The molecule has 3 rings (SSSR count). The number of carbonyl (C=O) groups is 2. The van der Waals surface area contributed by atoms with Gasteiger partial charge >= 0.3 is 0 Å². The number of ether oxygens (including phenoxy) is 1. The molecule has 0 fully saturated rings. The molecule has 0 unspecified atom stereocenters. The molecule has 0 saturated carbocycles. The summed E-state index contributed by atoms with van der Waals surface area (Å²) < 4.78 is 5.36. The molecule has 0 aliphatic rings. The van der Waals surface area contributed by atoms with E-state index in [4.69, 9.17) is 16.3 Å². The lowest BCUT2D eigenvalue weighted by atomic mass is 10.3. The maximum atomic E-state index is 12.2. The van der Waals surface area contributed by atoms with Gasteiger partial charge in [0.15, 0.2) is 6.61 Å². The molecule has 1 heterocycles. The summed E-state index contributed by atoms with van der Waals surface area (Å²) in [5.41, 5.74) is 0.565. The topological polar surface area (TPSA) is 93.2 Å². The number of carbonyl (C=O) groups excluding carboxylic acids is 2. The van der Waals surface area contributed by atoms with Crippen molar-refractivity contribution in [1.82, 2.24) is 15.5 Å². The van der Waals surface area contributed by atoms with Crippen molar-refractivity contribution in [1.29, 1.82) is 0 Å². The van der Waals surface area contributed by atoms with Crippen LogP contribution in [0.4, 0.5) is 5.69 Å². The van der Waals surface area contributed by atoms with Crippen molar-refractivity contribution < 1.29 is 14.3 Å². The number of rotatable bonds is 7. The highest BCUT2D eigenvalue weighted by Crippen LogP contribution is 2.17. The smallest absolute Gasteiger partial charge is 0.286 e. The fourth-order valence-corrected chi connectivity index (χ4v) is 2.92. The molecule has 2 N–H and O–H groups in total. The number of para-hydroxylation sites is 1. The highest BCUT2D eigenvalue weighted by atomic mass is 35.5. The van der Waals surface area contributed by atoms with Gasteiger partial charge in [0.2, 0.25) is 5.01 Å². The van der Waals surface area contributed by atoms with E-state index in [1.807, 2.05) is 18.2 Å². The van der Waals surface area contributed by atoms with Crippen molar-refractivity contribution in [3.05, 3.63) is 69.6 Å². The monoisotopic (exact) mass is 402 g/mol. The van der Waals surface area contributed by atoms with E-state index in [0.29, 0.717) is 21.5 Å². The predicted molar refractivity (Wildman–Crippen MR) is 103 cm³/mol. The van der Waals surface area contributed by atoms with Crippen molar-refractivity contribution in [2.24, 2.45) is 0 Å². The molecule has 0 aliphatic heterocycles. The van der Waals surface area contributed by atoms with E-state index in [-0.39, 0.29) is 30.0 Å². The number of aromatic nitrogens is 2. The third kappa shape index (κ3) is 5.77. The number of amides is 2. The zero-order chi connectivity index (χ0) is 19.1. The van der Waals surface area contributed by atoms with Gasteiger partial charge < -0.3 is 15.4 Å². The molecule has 2 amide bonds. The van der Waals surface area contributed by atoms with Gasteiger partial charge in [0.05, 0.1) is 6.54 Å². The van der Waals surface area contributed by atoms with Crippen LogP contribution >= 0.6 is 22.9 Å². The first-order valence-corrected chi connectivity index (χ1v) is 9.13. The molecule has 27 heavy (non-hydrogen) atoms. The minimum absolute atomic E-state index is 0.106. The number of nitrogens with one attached hydrogen (secondary N) is 2. The minimum atomic E-state index is -0.389. The summed E-state index contributed by atoms with van der Waals surface area (Å²) in [6.07, 6.45) is 0. The summed E-state index contributed by atoms with van der Waals surface area (Å²) in [6, 6.07) is 15.8. The molecular weight excluding hydrogens is 388 g/mol. The van der Waals surface area contributed by atoms with E-state index in [0.717, 1.165) is 11.3 Å². The third-order valence-electron chi connectivity index (χ3n) is 3.29. The molecule has 0 radical (unpaired) electrons. The van der Waals surface area contributed by atoms with Gasteiger partial charge in [-0.3, -0.25) is 9.59 Å². The number of benzene rings is 2. The van der Waals surface area contributed by atoms with E-state index in [1.54, 1.807) is 36.4 Å². The first-order chi connectivity index (χ1) is 13.1. The normalized spacial score (nSPS) is 10.3. The van der Waals surface area contributed by atoms with Crippen LogP contribution in [0.25, 0.3) is 0 Å². The molecular formula is C18H15ClN4O3S. The second-order valence-electron chi connectivity index (χ2n) is 5.34. The lowest BCUT2D eigenvalue weighted by Crippen LogP contribution is -2.28. The van der Waals surface area contributed by atoms with Crippen LogP contribution in [-0.2, 0) is 11.3 Å². The van der Waals surface area contributed by atoms with Gasteiger partial charge in [0.25, 0.3) is 11.8 Å². The predicted octanol–water partition coefficient (Wildman–Crippen LogP) is 3.14. The van der Waals surface area contributed by atoms with Crippen molar-refractivity contribution in [3.63, 3.8) is 0 Å². The summed E-state index contributed by atoms with van der Waals surface area (Å²) >= 11 is 6.99. The molecule has 1 aromatic heterocycles. The Hall–Kier alpha value is -2.97. The van der Waals surface area contributed by atoms with E-state index >= 15 is 0 Å². The second-order valence-corrected chi connectivity index (χ2v) is 6.84. The Morgan fingerprint density at radius 1 is 1.07 bits per heavy atom. The lowest BCUT2D eigenvalue weighted by molar-refractivity contribution is -0.123. The Morgan fingerprint density at radius 3 is 2.67 bits per heavy atom. The number of nitrogens with zero attached hydrogens (tertiary/aromatic N) is 2. The summed E-state index contributed by atoms with van der Waals surface area (Å²) in [5, 5.41) is 14.4. The third-order valence-corrected chi connectivity index (χ3v) is 4.45. The lowest BCUT2D eigenvalue weighted by Gasteiger charge is -2.05. The Morgan fingerprint density at radius 2 is 1.89 bits per heavy atom. The zero-order valence-corrected chi connectivity index (χ0v) is 15.6. The first kappa shape index (κ1) is 18.8. The van der Waals surface area contributed by atoms with Gasteiger partial charge in [-0.1, -0.05) is 47.2 Å². The average molecular weight is 403 g/mol. The number of anilines is 1. The number of hydrogen-bond donors (Lipinski definition) is 2. The van der Waals surface area contributed by atoms with E-state index in [2.05, 4.69) is 20.8 Å². The fraction of sp³-hybridized carbons (Fsp3) is 0.111. The van der Waals surface area contributed by atoms with E-state index in [1.165, 1.54) is 0 Å². The summed E-state index contributed by atoms with van der Waals surface area (Å²) in [5.74, 6) is -0.0673. The molecule has 138 valence electrons. The van der Waals surface area contributed by atoms with Crippen LogP contribution in [0, 0.1) is 0 Å². The van der Waals surface area contributed by atoms with Crippen molar-refractivity contribution in [2.75, 3.05) is 11.9 Å². The van der Waals surface area contributed by atoms with Gasteiger partial charge in [-0.25, -0.2) is 0 Å². The number of hydrogen-bond acceptors (Lipinski definition) is 6. The van der Waals surface area contributed by atoms with Crippen LogP contribution in [0.3, 0.4) is 0 Å². The van der Waals surface area contributed by atoms with Crippen LogP contribution in [0.5, 0.6) is 5.75 Å². The second kappa shape index (κ2) is 9.11. The van der Waals surface area contributed by atoms with Gasteiger partial charge in [0.1, 0.15) is 10.8 Å². The van der Waals surface area contributed by atoms with E-state index in [9.17, 15) is 9.59 Å². The van der Waals surface area contributed by atoms with E-state index < -0.39 is 0 Å². The quantitative estimate of drug-likeness (QED) is 0.633. The molecule has 0 atom stereocenters. The fourth-order valence-electron chi connectivity index (χ4n) is 2.06. The Labute approximate surface area is 164 Å². The molecule has 0 bridgehead atoms. The SMILES string of the molecule is O=C(COc1ccccc1)NCc1nnc(C(=O)Nc2cccc(Cl)c2)s1. The molecule has 0 aliphatic carbocycles. The number of halogens is 1. The standard InChI is InChI=1S/C18H15ClN4O3S/c19-12-5-4-6-13(9-12)21-17(25)18-23-22-16(27-18)10-20-15(24)11-26-14-7-2-1-3-8-14/h1-9H,10-11H2,(H,20,24)(H,21,25). The molecule has 0 spiro atoms. The zero-order valence-electron chi connectivity index (χ0n) is 14.0. The van der Waals surface area contributed by atoms with Crippen molar-refractivity contribution >= 4 is 40.4 Å². The highest BCUT2D eigenvalue weighted by Gasteiger charge is 2.14. The van der Waals surface area contributed by atoms with Crippen LogP contribution in [-0.4, -0.2) is 28.6 Å². The summed E-state index contributed by atoms with van der Waals surface area (Å²) in [7, 11) is 0. The van der Waals surface area contributed by atoms with Gasteiger partial charge in [0, 0.05) is 10.7 Å². The Balaban J connectivity index is 1.47. The first-order valence-electron chi connectivity index (χ1n) is 7.94. The molecule has 0 saturated heterocycles. The Bertz CT molecular complexity index is 933.